The van der Waals surface area contributed by atoms with Gasteiger partial charge in [-0.25, -0.2) is 13.8 Å². The number of nitrogens with zero attached hydrogens (tertiary/aromatic N) is 3. The van der Waals surface area contributed by atoms with Gasteiger partial charge in [0.2, 0.25) is 0 Å². The Morgan fingerprint density at radius 3 is 2.38 bits per heavy atom. The van der Waals surface area contributed by atoms with Crippen LogP contribution in [-0.2, 0) is 14.8 Å². The zero-order chi connectivity index (χ0) is 23.1. The number of hydrazone groups is 1. The fraction of sp³-hybridized carbons (Fsp3) is 0.0476. The Morgan fingerprint density at radius 1 is 1.06 bits per heavy atom. The summed E-state index contributed by atoms with van der Waals surface area (Å²) < 4.78 is 27.3. The highest BCUT2D eigenvalue weighted by atomic mass is 35.5. The number of amides is 1. The van der Waals surface area contributed by atoms with Crippen molar-refractivity contribution in [2.24, 2.45) is 5.10 Å². The predicted molar refractivity (Wildman–Crippen MR) is 121 cm³/mol. The monoisotopic (exact) mass is 472 g/mol. The van der Waals surface area contributed by atoms with Gasteiger partial charge in [0.15, 0.2) is 0 Å². The average Bonchev–Trinajstić information content (AvgIpc) is 2.78. The Balaban J connectivity index is 1.79. The summed E-state index contributed by atoms with van der Waals surface area (Å²) >= 11 is 6.02. The van der Waals surface area contributed by atoms with E-state index < -0.39 is 27.4 Å². The lowest BCUT2D eigenvalue weighted by atomic mass is 10.2. The SMILES string of the molecule is O=C(CN(c1cccc(Cl)c1)S(=O)(=O)c1ccccc1)N/N=C\c1ccc([N+](=O)[O-])cc1. The number of anilines is 1. The number of rotatable bonds is 8. The van der Waals surface area contributed by atoms with Gasteiger partial charge in [-0.15, -0.1) is 0 Å². The van der Waals surface area contributed by atoms with E-state index in [0.717, 1.165) is 4.31 Å². The molecule has 32 heavy (non-hydrogen) atoms. The van der Waals surface area contributed by atoms with Crippen molar-refractivity contribution >= 4 is 45.1 Å². The lowest BCUT2D eigenvalue weighted by molar-refractivity contribution is -0.384. The van der Waals surface area contributed by atoms with Crippen LogP contribution in [-0.4, -0.2) is 32.0 Å². The van der Waals surface area contributed by atoms with Gasteiger partial charge >= 0.3 is 0 Å². The third-order valence-corrected chi connectivity index (χ3v) is 6.24. The van der Waals surface area contributed by atoms with Gasteiger partial charge in [0.05, 0.1) is 21.7 Å². The fourth-order valence-corrected chi connectivity index (χ4v) is 4.31. The summed E-state index contributed by atoms with van der Waals surface area (Å²) in [7, 11) is -4.06. The number of carbonyl (C=O) groups excluding carboxylic acids is 1. The maximum Gasteiger partial charge on any atom is 0.269 e. The molecule has 0 aliphatic heterocycles. The summed E-state index contributed by atoms with van der Waals surface area (Å²) in [5.74, 6) is -0.692. The number of hydrogen-bond acceptors (Lipinski definition) is 6. The highest BCUT2D eigenvalue weighted by Gasteiger charge is 2.27. The molecule has 0 aliphatic carbocycles. The minimum absolute atomic E-state index is 0.0159. The van der Waals surface area contributed by atoms with Gasteiger partial charge in [-0.2, -0.15) is 5.10 Å². The highest BCUT2D eigenvalue weighted by molar-refractivity contribution is 7.92. The second-order valence-electron chi connectivity index (χ2n) is 6.45. The zero-order valence-corrected chi connectivity index (χ0v) is 18.0. The zero-order valence-electron chi connectivity index (χ0n) is 16.5. The van der Waals surface area contributed by atoms with Gasteiger partial charge in [0, 0.05) is 17.2 Å². The third kappa shape index (κ3) is 5.68. The topological polar surface area (TPSA) is 122 Å². The number of non-ortho nitro benzene ring substituents is 1. The summed E-state index contributed by atoms with van der Waals surface area (Å²) in [5, 5.41) is 14.8. The van der Waals surface area contributed by atoms with Crippen molar-refractivity contribution < 1.29 is 18.1 Å². The molecule has 1 N–H and O–H groups in total. The lowest BCUT2D eigenvalue weighted by Crippen LogP contribution is -2.39. The minimum Gasteiger partial charge on any atom is -0.271 e. The van der Waals surface area contributed by atoms with Gasteiger partial charge in [0.25, 0.3) is 21.6 Å². The maximum atomic E-state index is 13.2. The van der Waals surface area contributed by atoms with E-state index in [9.17, 15) is 23.3 Å². The molecule has 0 heterocycles. The first-order valence-corrected chi connectivity index (χ1v) is 11.0. The Labute approximate surface area is 189 Å². The predicted octanol–water partition coefficient (Wildman–Crippen LogP) is 3.59. The molecule has 3 rings (SSSR count). The number of hydrogen-bond donors (Lipinski definition) is 1. The van der Waals surface area contributed by atoms with E-state index in [2.05, 4.69) is 10.5 Å². The molecular weight excluding hydrogens is 456 g/mol. The molecule has 3 aromatic carbocycles. The number of carbonyl (C=O) groups is 1. The van der Waals surface area contributed by atoms with Crippen molar-refractivity contribution in [3.05, 3.63) is 99.6 Å². The molecule has 1 amide bonds. The van der Waals surface area contributed by atoms with Gasteiger partial charge in [-0.1, -0.05) is 35.9 Å². The minimum atomic E-state index is -4.06. The Bertz CT molecular complexity index is 1250. The van der Waals surface area contributed by atoms with Gasteiger partial charge in [-0.05, 0) is 48.0 Å². The van der Waals surface area contributed by atoms with Crippen molar-refractivity contribution in [3.63, 3.8) is 0 Å². The van der Waals surface area contributed by atoms with Crippen LogP contribution < -0.4 is 9.73 Å². The van der Waals surface area contributed by atoms with Crippen molar-refractivity contribution in [3.8, 4) is 0 Å². The summed E-state index contributed by atoms with van der Waals surface area (Å²) in [5.41, 5.74) is 2.92. The van der Waals surface area contributed by atoms with E-state index in [4.69, 9.17) is 11.6 Å². The van der Waals surface area contributed by atoms with E-state index in [1.54, 1.807) is 30.3 Å². The van der Waals surface area contributed by atoms with Gasteiger partial charge < -0.3 is 0 Å². The van der Waals surface area contributed by atoms with Gasteiger partial charge in [0.1, 0.15) is 6.54 Å². The van der Waals surface area contributed by atoms with Crippen LogP contribution in [0.1, 0.15) is 5.56 Å². The molecule has 0 spiro atoms. The Hall–Kier alpha value is -3.76. The van der Waals surface area contributed by atoms with E-state index in [-0.39, 0.29) is 16.3 Å². The molecule has 0 unspecified atom stereocenters. The van der Waals surface area contributed by atoms with E-state index in [1.807, 2.05) is 0 Å². The van der Waals surface area contributed by atoms with Crippen LogP contribution in [0.3, 0.4) is 0 Å². The Morgan fingerprint density at radius 2 is 1.75 bits per heavy atom. The van der Waals surface area contributed by atoms with Crippen molar-refractivity contribution in [2.45, 2.75) is 4.90 Å². The van der Waals surface area contributed by atoms with Crippen LogP contribution in [0.5, 0.6) is 0 Å². The smallest absolute Gasteiger partial charge is 0.269 e. The summed E-state index contributed by atoms with van der Waals surface area (Å²) in [4.78, 5) is 22.7. The molecule has 0 radical (unpaired) electrons. The van der Waals surface area contributed by atoms with Crippen LogP contribution in [0, 0.1) is 10.1 Å². The summed E-state index contributed by atoms with van der Waals surface area (Å²) in [6.07, 6.45) is 1.29. The summed E-state index contributed by atoms with van der Waals surface area (Å²) in [6, 6.07) is 19.4. The van der Waals surface area contributed by atoms with E-state index in [1.165, 1.54) is 54.7 Å². The number of benzene rings is 3. The quantitative estimate of drug-likeness (QED) is 0.305. The number of nitro groups is 1. The third-order valence-electron chi connectivity index (χ3n) is 4.22. The normalized spacial score (nSPS) is 11.3. The average molecular weight is 473 g/mol. The molecule has 0 saturated heterocycles. The van der Waals surface area contributed by atoms with Crippen LogP contribution in [0.25, 0.3) is 0 Å². The fourth-order valence-electron chi connectivity index (χ4n) is 2.69. The molecule has 0 aliphatic rings. The van der Waals surface area contributed by atoms with Crippen molar-refractivity contribution in [1.82, 2.24) is 5.43 Å². The summed E-state index contributed by atoms with van der Waals surface area (Å²) in [6.45, 7) is -0.546. The van der Waals surface area contributed by atoms with Crippen molar-refractivity contribution in [2.75, 3.05) is 10.8 Å². The number of nitro benzene ring substituents is 1. The maximum absolute atomic E-state index is 13.2. The molecule has 164 valence electrons. The molecule has 0 aromatic heterocycles. The molecule has 0 saturated carbocycles. The number of nitrogens with one attached hydrogen (secondary N) is 1. The van der Waals surface area contributed by atoms with E-state index in [0.29, 0.717) is 10.6 Å². The largest absolute Gasteiger partial charge is 0.271 e. The van der Waals surface area contributed by atoms with E-state index >= 15 is 0 Å². The second-order valence-corrected chi connectivity index (χ2v) is 8.75. The molecule has 0 atom stereocenters. The first-order chi connectivity index (χ1) is 15.3. The molecule has 3 aromatic rings. The first kappa shape index (κ1) is 22.9. The van der Waals surface area contributed by atoms with Crippen LogP contribution >= 0.6 is 11.6 Å². The molecule has 11 heteroatoms. The molecule has 9 nitrogen and oxygen atoms in total. The molecule has 0 bridgehead atoms. The highest BCUT2D eigenvalue weighted by Crippen LogP contribution is 2.25. The molecular formula is C21H17ClN4O5S. The number of sulfonamides is 1. The van der Waals surface area contributed by atoms with Crippen molar-refractivity contribution in [1.29, 1.82) is 0 Å². The first-order valence-electron chi connectivity index (χ1n) is 9.17. The van der Waals surface area contributed by atoms with Crippen LogP contribution in [0.15, 0.2) is 88.9 Å². The Kier molecular flexibility index (Phi) is 7.18. The molecule has 0 fully saturated rings. The number of halogens is 1. The van der Waals surface area contributed by atoms with Gasteiger partial charge in [-0.3, -0.25) is 19.2 Å². The second kappa shape index (κ2) is 10.0. The lowest BCUT2D eigenvalue weighted by Gasteiger charge is -2.23. The van der Waals surface area contributed by atoms with Crippen LogP contribution in [0.4, 0.5) is 11.4 Å². The standard InChI is InChI=1S/C21H17ClN4O5S/c22-17-5-4-6-19(13-17)25(32(30,31)20-7-2-1-3-8-20)15-21(27)24-23-14-16-9-11-18(12-10-16)26(28)29/h1-14H,15H2,(H,24,27)/b23-14-. The van der Waals surface area contributed by atoms with Crippen LogP contribution in [0.2, 0.25) is 5.02 Å².